The molecule has 0 spiro atoms. The molecule has 0 N–H and O–H groups in total. The van der Waals surface area contributed by atoms with E-state index in [2.05, 4.69) is 132 Å². The predicted octanol–water partition coefficient (Wildman–Crippen LogP) is 11.2. The van der Waals surface area contributed by atoms with E-state index in [1.54, 1.807) is 0 Å². The van der Waals surface area contributed by atoms with Crippen molar-refractivity contribution < 1.29 is 0 Å². The Labute approximate surface area is 266 Å². The van der Waals surface area contributed by atoms with Gasteiger partial charge in [0, 0.05) is 40.5 Å². The van der Waals surface area contributed by atoms with Crippen LogP contribution in [-0.2, 0) is 0 Å². The van der Waals surface area contributed by atoms with Crippen molar-refractivity contribution in [1.82, 2.24) is 15.0 Å². The van der Waals surface area contributed by atoms with Crippen molar-refractivity contribution in [3.05, 3.63) is 164 Å². The van der Waals surface area contributed by atoms with Gasteiger partial charge < -0.3 is 0 Å². The van der Waals surface area contributed by atoms with Crippen molar-refractivity contribution >= 4 is 43.4 Å². The Bertz CT molecular complexity index is 2500. The van der Waals surface area contributed by atoms with E-state index in [-0.39, 0.29) is 0 Å². The minimum Gasteiger partial charge on any atom is -0.264 e. The van der Waals surface area contributed by atoms with Gasteiger partial charge in [0.2, 0.25) is 0 Å². The van der Waals surface area contributed by atoms with Crippen LogP contribution < -0.4 is 0 Å². The highest BCUT2D eigenvalue weighted by molar-refractivity contribution is 6.21. The molecule has 6 aromatic carbocycles. The number of hydrogen-bond donors (Lipinski definition) is 0. The smallest absolute Gasteiger partial charge is 0.0978 e. The van der Waals surface area contributed by atoms with E-state index in [1.165, 1.54) is 38.2 Å². The van der Waals surface area contributed by atoms with Crippen molar-refractivity contribution in [2.45, 2.75) is 0 Å². The van der Waals surface area contributed by atoms with Gasteiger partial charge >= 0.3 is 0 Å². The van der Waals surface area contributed by atoms with Crippen LogP contribution in [0.4, 0.5) is 0 Å². The Balaban J connectivity index is 1.27. The van der Waals surface area contributed by atoms with Gasteiger partial charge in [0.1, 0.15) is 0 Å². The van der Waals surface area contributed by atoms with Crippen LogP contribution in [0.5, 0.6) is 0 Å². The summed E-state index contributed by atoms with van der Waals surface area (Å²) in [6.45, 7) is 0. The summed E-state index contributed by atoms with van der Waals surface area (Å²) in [6.07, 6.45) is 5.64. The highest BCUT2D eigenvalue weighted by Crippen LogP contribution is 2.44. The Kier molecular flexibility index (Phi) is 6.14. The van der Waals surface area contributed by atoms with Gasteiger partial charge in [-0.2, -0.15) is 0 Å². The molecule has 0 saturated heterocycles. The van der Waals surface area contributed by atoms with Gasteiger partial charge in [-0.15, -0.1) is 0 Å². The quantitative estimate of drug-likeness (QED) is 0.152. The van der Waals surface area contributed by atoms with Crippen molar-refractivity contribution in [2.75, 3.05) is 0 Å². The molecule has 3 heterocycles. The first-order valence-corrected chi connectivity index (χ1v) is 15.5. The van der Waals surface area contributed by atoms with Gasteiger partial charge in [0.25, 0.3) is 0 Å². The first kappa shape index (κ1) is 26.2. The van der Waals surface area contributed by atoms with Gasteiger partial charge in [-0.1, -0.05) is 127 Å². The van der Waals surface area contributed by atoms with Crippen molar-refractivity contribution in [1.29, 1.82) is 0 Å². The SMILES string of the molecule is c1ccc(-c2cc(-c3ccc(-c4c5ccccc5c(-c5cccnc5)c5ccccc45)cc3)c3ccc4cccnc4c3n2)cc1. The molecule has 0 amide bonds. The summed E-state index contributed by atoms with van der Waals surface area (Å²) < 4.78 is 0. The molecule has 46 heavy (non-hydrogen) atoms. The Morgan fingerprint density at radius 1 is 0.391 bits per heavy atom. The lowest BCUT2D eigenvalue weighted by atomic mass is 9.86. The largest absolute Gasteiger partial charge is 0.264 e. The van der Waals surface area contributed by atoms with E-state index >= 15 is 0 Å². The summed E-state index contributed by atoms with van der Waals surface area (Å²) in [6, 6.07) is 51.7. The molecule has 3 aromatic heterocycles. The molecule has 0 fully saturated rings. The van der Waals surface area contributed by atoms with Crippen LogP contribution in [0, 0.1) is 0 Å². The van der Waals surface area contributed by atoms with E-state index in [0.717, 1.165) is 49.8 Å². The van der Waals surface area contributed by atoms with Crippen LogP contribution in [0.15, 0.2) is 164 Å². The fourth-order valence-electron chi connectivity index (χ4n) is 6.90. The van der Waals surface area contributed by atoms with Crippen LogP contribution in [0.25, 0.3) is 88.0 Å². The second-order valence-electron chi connectivity index (χ2n) is 11.6. The lowest BCUT2D eigenvalue weighted by Crippen LogP contribution is -1.93. The molecular formula is C43H27N3. The molecular weight excluding hydrogens is 558 g/mol. The summed E-state index contributed by atoms with van der Waals surface area (Å²) in [7, 11) is 0. The second-order valence-corrected chi connectivity index (χ2v) is 11.6. The van der Waals surface area contributed by atoms with Crippen molar-refractivity contribution in [3.63, 3.8) is 0 Å². The highest BCUT2D eigenvalue weighted by Gasteiger charge is 2.17. The fourth-order valence-corrected chi connectivity index (χ4v) is 6.90. The topological polar surface area (TPSA) is 38.7 Å². The maximum atomic E-state index is 5.16. The Hall–Kier alpha value is -6.19. The summed E-state index contributed by atoms with van der Waals surface area (Å²) in [5.74, 6) is 0. The zero-order valence-corrected chi connectivity index (χ0v) is 24.9. The van der Waals surface area contributed by atoms with Crippen LogP contribution >= 0.6 is 0 Å². The molecule has 0 bridgehead atoms. The van der Waals surface area contributed by atoms with Crippen LogP contribution in [0.1, 0.15) is 0 Å². The van der Waals surface area contributed by atoms with E-state index in [4.69, 9.17) is 9.97 Å². The molecule has 0 aliphatic heterocycles. The fraction of sp³-hybridized carbons (Fsp3) is 0. The van der Waals surface area contributed by atoms with E-state index in [1.807, 2.05) is 36.8 Å². The van der Waals surface area contributed by atoms with Crippen molar-refractivity contribution in [3.8, 4) is 44.6 Å². The van der Waals surface area contributed by atoms with Gasteiger partial charge in [-0.25, -0.2) is 4.98 Å². The number of benzene rings is 6. The number of fused-ring (bicyclic) bond motifs is 5. The van der Waals surface area contributed by atoms with Crippen LogP contribution in [0.2, 0.25) is 0 Å². The van der Waals surface area contributed by atoms with Crippen molar-refractivity contribution in [2.24, 2.45) is 0 Å². The lowest BCUT2D eigenvalue weighted by molar-refractivity contribution is 1.33. The minimum atomic E-state index is 0.918. The first-order chi connectivity index (χ1) is 22.8. The zero-order valence-electron chi connectivity index (χ0n) is 24.9. The number of hydrogen-bond acceptors (Lipinski definition) is 3. The summed E-state index contributed by atoms with van der Waals surface area (Å²) in [4.78, 5) is 14.4. The monoisotopic (exact) mass is 585 g/mol. The number of rotatable bonds is 4. The Morgan fingerprint density at radius 2 is 1.00 bits per heavy atom. The predicted molar refractivity (Wildman–Crippen MR) is 192 cm³/mol. The molecule has 0 radical (unpaired) electrons. The molecule has 0 unspecified atom stereocenters. The summed E-state index contributed by atoms with van der Waals surface area (Å²) in [5, 5.41) is 7.08. The molecule has 0 aliphatic rings. The minimum absolute atomic E-state index is 0.918. The van der Waals surface area contributed by atoms with Gasteiger partial charge in [-0.05, 0) is 67.6 Å². The van der Waals surface area contributed by atoms with Gasteiger partial charge in [0.05, 0.1) is 16.7 Å². The van der Waals surface area contributed by atoms with E-state index in [9.17, 15) is 0 Å². The molecule has 214 valence electrons. The lowest BCUT2D eigenvalue weighted by Gasteiger charge is -2.18. The number of aromatic nitrogens is 3. The van der Waals surface area contributed by atoms with Crippen LogP contribution in [0.3, 0.4) is 0 Å². The average molecular weight is 586 g/mol. The summed E-state index contributed by atoms with van der Waals surface area (Å²) >= 11 is 0. The van der Waals surface area contributed by atoms with E-state index in [0.29, 0.717) is 0 Å². The van der Waals surface area contributed by atoms with Gasteiger partial charge in [-0.3, -0.25) is 9.97 Å². The third-order valence-electron chi connectivity index (χ3n) is 8.99. The standard InChI is InChI=1S/C43H27N3/c1-2-10-29(11-3-1)39-26-38(37-23-22-31-12-9-25-45-42(31)43(37)46-39)28-18-20-30(21-19-28)40-33-14-4-6-16-35(33)41(32-13-8-24-44-27-32)36-17-7-5-15-34(36)40/h1-27H. The maximum Gasteiger partial charge on any atom is 0.0978 e. The van der Waals surface area contributed by atoms with Crippen LogP contribution in [-0.4, -0.2) is 15.0 Å². The third kappa shape index (κ3) is 4.25. The molecule has 3 heteroatoms. The third-order valence-corrected chi connectivity index (χ3v) is 8.99. The summed E-state index contributed by atoms with van der Waals surface area (Å²) in [5.41, 5.74) is 10.9. The number of nitrogens with zero attached hydrogens (tertiary/aromatic N) is 3. The molecule has 3 nitrogen and oxygen atoms in total. The first-order valence-electron chi connectivity index (χ1n) is 15.5. The van der Waals surface area contributed by atoms with Gasteiger partial charge in [0.15, 0.2) is 0 Å². The molecule has 9 aromatic rings. The average Bonchev–Trinajstić information content (AvgIpc) is 3.14. The normalized spacial score (nSPS) is 11.5. The molecule has 0 saturated carbocycles. The number of pyridine rings is 3. The molecule has 0 aliphatic carbocycles. The molecule has 0 atom stereocenters. The maximum absolute atomic E-state index is 5.16. The molecule has 9 rings (SSSR count). The van der Waals surface area contributed by atoms with E-state index < -0.39 is 0 Å². The Morgan fingerprint density at radius 3 is 1.67 bits per heavy atom. The highest BCUT2D eigenvalue weighted by atomic mass is 14.8. The second kappa shape index (κ2) is 10.8. The zero-order chi connectivity index (χ0) is 30.5.